The van der Waals surface area contributed by atoms with Crippen LogP contribution in [0.3, 0.4) is 0 Å². The van der Waals surface area contributed by atoms with Gasteiger partial charge in [0.25, 0.3) is 5.56 Å². The minimum atomic E-state index is -0.224. The second-order valence-corrected chi connectivity index (χ2v) is 9.34. The van der Waals surface area contributed by atoms with Gasteiger partial charge >= 0.3 is 0 Å². The fourth-order valence-electron chi connectivity index (χ4n) is 5.03. The third-order valence-corrected chi connectivity index (χ3v) is 6.94. The monoisotopic (exact) mass is 507 g/mol. The third-order valence-electron chi connectivity index (χ3n) is 6.94. The summed E-state index contributed by atoms with van der Waals surface area (Å²) in [5.74, 6) is 1.53. The van der Waals surface area contributed by atoms with Gasteiger partial charge in [0.1, 0.15) is 17.3 Å². The summed E-state index contributed by atoms with van der Waals surface area (Å²) in [6.07, 6.45) is 5.03. The number of piperidine rings is 1. The molecular formula is C29H29N7O2. The summed E-state index contributed by atoms with van der Waals surface area (Å²) in [5.41, 5.74) is 10.9. The van der Waals surface area contributed by atoms with E-state index in [1.165, 1.54) is 6.42 Å². The van der Waals surface area contributed by atoms with Crippen LogP contribution in [-0.2, 0) is 0 Å². The Morgan fingerprint density at radius 3 is 2.39 bits per heavy atom. The van der Waals surface area contributed by atoms with Gasteiger partial charge in [-0.2, -0.15) is 4.52 Å². The Kier molecular flexibility index (Phi) is 6.17. The molecule has 9 heteroatoms. The molecule has 0 radical (unpaired) electrons. The highest BCUT2D eigenvalue weighted by Gasteiger charge is 2.26. The first-order valence-electron chi connectivity index (χ1n) is 12.7. The van der Waals surface area contributed by atoms with Crippen LogP contribution >= 0.6 is 0 Å². The first-order chi connectivity index (χ1) is 18.6. The normalized spacial score (nSPS) is 13.6. The van der Waals surface area contributed by atoms with Gasteiger partial charge in [0.05, 0.1) is 24.1 Å². The number of pyridine rings is 1. The van der Waals surface area contributed by atoms with Crippen LogP contribution in [0, 0.1) is 0 Å². The summed E-state index contributed by atoms with van der Waals surface area (Å²) in [6.45, 7) is 1.80. The number of hydrogen-bond acceptors (Lipinski definition) is 7. The van der Waals surface area contributed by atoms with Crippen LogP contribution < -0.4 is 26.2 Å². The molecule has 1 aliphatic rings. The summed E-state index contributed by atoms with van der Waals surface area (Å²) in [7, 11) is 1.61. The fraction of sp³-hybridized carbons (Fsp3) is 0.207. The van der Waals surface area contributed by atoms with Crippen molar-refractivity contribution in [3.05, 3.63) is 83.3 Å². The number of anilines is 4. The van der Waals surface area contributed by atoms with E-state index in [4.69, 9.17) is 15.5 Å². The van der Waals surface area contributed by atoms with Crippen molar-refractivity contribution in [2.75, 3.05) is 36.1 Å². The Hall–Kier alpha value is -4.79. The number of ether oxygens (including phenoxy) is 1. The highest BCUT2D eigenvalue weighted by molar-refractivity contribution is 5.89. The summed E-state index contributed by atoms with van der Waals surface area (Å²) >= 11 is 0. The molecule has 1 saturated heterocycles. The second kappa shape index (κ2) is 9.93. The number of nitrogens with zero attached hydrogens (tertiary/aromatic N) is 4. The molecule has 5 aromatic rings. The molecule has 0 unspecified atom stereocenters. The molecule has 2 aromatic carbocycles. The van der Waals surface area contributed by atoms with E-state index in [0.29, 0.717) is 39.8 Å². The Labute approximate surface area is 219 Å². The third kappa shape index (κ3) is 4.21. The molecule has 3 aromatic heterocycles. The maximum atomic E-state index is 14.2. The van der Waals surface area contributed by atoms with Gasteiger partial charge in [0.2, 0.25) is 0 Å². The van der Waals surface area contributed by atoms with E-state index in [0.717, 1.165) is 42.9 Å². The van der Waals surface area contributed by atoms with Crippen LogP contribution in [0.15, 0.2) is 77.7 Å². The summed E-state index contributed by atoms with van der Waals surface area (Å²) < 4.78 is 6.88. The molecule has 0 amide bonds. The minimum absolute atomic E-state index is 0.224. The number of nitrogen functional groups attached to an aromatic ring is 1. The Bertz CT molecular complexity index is 1640. The SMILES string of the molecule is COc1ccc(-c2c(Nc3ncccc3N)nc3c(N4CCCCC4)c(-c4ccccc4)[nH]n3c2=O)cc1. The number of H-pyrrole nitrogens is 1. The molecule has 0 spiro atoms. The van der Waals surface area contributed by atoms with Crippen molar-refractivity contribution in [2.45, 2.75) is 19.3 Å². The molecule has 9 nitrogen and oxygen atoms in total. The zero-order valence-electron chi connectivity index (χ0n) is 21.1. The molecule has 38 heavy (non-hydrogen) atoms. The van der Waals surface area contributed by atoms with Crippen LogP contribution in [-0.4, -0.2) is 39.8 Å². The molecule has 0 aliphatic carbocycles. The molecule has 1 fully saturated rings. The molecule has 0 bridgehead atoms. The van der Waals surface area contributed by atoms with Crippen molar-refractivity contribution in [2.24, 2.45) is 0 Å². The van der Waals surface area contributed by atoms with E-state index in [9.17, 15) is 4.79 Å². The summed E-state index contributed by atoms with van der Waals surface area (Å²) in [4.78, 5) is 26.0. The van der Waals surface area contributed by atoms with Gasteiger partial charge in [0, 0.05) is 24.8 Å². The molecule has 0 saturated carbocycles. The number of fused-ring (bicyclic) bond motifs is 1. The van der Waals surface area contributed by atoms with Crippen LogP contribution in [0.2, 0.25) is 0 Å². The quantitative estimate of drug-likeness (QED) is 0.294. The fourth-order valence-corrected chi connectivity index (χ4v) is 5.03. The lowest BCUT2D eigenvalue weighted by molar-refractivity contribution is 0.415. The number of aromatic nitrogens is 4. The predicted octanol–water partition coefficient (Wildman–Crippen LogP) is 5.08. The lowest BCUT2D eigenvalue weighted by atomic mass is 10.1. The van der Waals surface area contributed by atoms with Gasteiger partial charge in [0.15, 0.2) is 11.5 Å². The van der Waals surface area contributed by atoms with Gasteiger partial charge in [-0.25, -0.2) is 9.97 Å². The molecular weight excluding hydrogens is 478 g/mol. The van der Waals surface area contributed by atoms with Gasteiger partial charge in [-0.3, -0.25) is 9.89 Å². The van der Waals surface area contributed by atoms with E-state index in [-0.39, 0.29) is 5.56 Å². The van der Waals surface area contributed by atoms with E-state index in [1.54, 1.807) is 30.0 Å². The van der Waals surface area contributed by atoms with E-state index < -0.39 is 0 Å². The average Bonchev–Trinajstić information content (AvgIpc) is 3.35. The zero-order chi connectivity index (χ0) is 26.1. The van der Waals surface area contributed by atoms with Gasteiger partial charge in [-0.15, -0.1) is 0 Å². The first kappa shape index (κ1) is 23.6. The molecule has 6 rings (SSSR count). The maximum Gasteiger partial charge on any atom is 0.282 e. The van der Waals surface area contributed by atoms with E-state index in [1.807, 2.05) is 54.6 Å². The average molecular weight is 508 g/mol. The molecule has 1 aliphatic heterocycles. The van der Waals surface area contributed by atoms with Crippen molar-refractivity contribution in [3.8, 4) is 28.1 Å². The van der Waals surface area contributed by atoms with Crippen LogP contribution in [0.5, 0.6) is 5.75 Å². The van der Waals surface area contributed by atoms with Crippen molar-refractivity contribution < 1.29 is 4.74 Å². The Balaban J connectivity index is 1.63. The number of aromatic amines is 1. The Morgan fingerprint density at radius 2 is 1.68 bits per heavy atom. The largest absolute Gasteiger partial charge is 0.497 e. The topological polar surface area (TPSA) is 114 Å². The second-order valence-electron chi connectivity index (χ2n) is 9.34. The standard InChI is InChI=1S/C29H29N7O2/c1-38-21-14-12-19(13-15-21)23-27(32-26-22(30)11-8-16-31-26)33-28-25(35-17-6-3-7-18-35)24(34-36(28)29(23)37)20-9-4-2-5-10-20/h2,4-5,8-16,34H,3,6-7,17-18,30H2,1H3,(H,31,32). The Morgan fingerprint density at radius 1 is 0.921 bits per heavy atom. The highest BCUT2D eigenvalue weighted by atomic mass is 16.5. The number of methoxy groups -OCH3 is 1. The zero-order valence-corrected chi connectivity index (χ0v) is 21.1. The van der Waals surface area contributed by atoms with Crippen molar-refractivity contribution in [3.63, 3.8) is 0 Å². The van der Waals surface area contributed by atoms with Gasteiger partial charge in [-0.1, -0.05) is 42.5 Å². The number of rotatable bonds is 6. The summed E-state index contributed by atoms with van der Waals surface area (Å²) in [5, 5.41) is 6.64. The van der Waals surface area contributed by atoms with E-state index >= 15 is 0 Å². The number of benzene rings is 2. The summed E-state index contributed by atoms with van der Waals surface area (Å²) in [6, 6.07) is 20.9. The minimum Gasteiger partial charge on any atom is -0.497 e. The maximum absolute atomic E-state index is 14.2. The number of hydrogen-bond donors (Lipinski definition) is 3. The first-order valence-corrected chi connectivity index (χ1v) is 12.7. The van der Waals surface area contributed by atoms with Crippen LogP contribution in [0.25, 0.3) is 28.0 Å². The highest BCUT2D eigenvalue weighted by Crippen LogP contribution is 2.37. The number of nitrogens with two attached hydrogens (primary N) is 1. The van der Waals surface area contributed by atoms with Crippen molar-refractivity contribution in [1.82, 2.24) is 19.6 Å². The molecule has 4 heterocycles. The molecule has 192 valence electrons. The van der Waals surface area contributed by atoms with Gasteiger partial charge < -0.3 is 20.7 Å². The lowest BCUT2D eigenvalue weighted by Gasteiger charge is -2.28. The molecule has 4 N–H and O–H groups in total. The van der Waals surface area contributed by atoms with Crippen LogP contribution in [0.4, 0.5) is 23.0 Å². The predicted molar refractivity (Wildman–Crippen MR) is 151 cm³/mol. The number of nitrogens with one attached hydrogen (secondary N) is 2. The van der Waals surface area contributed by atoms with Crippen LogP contribution in [0.1, 0.15) is 19.3 Å². The lowest BCUT2D eigenvalue weighted by Crippen LogP contribution is -2.30. The smallest absolute Gasteiger partial charge is 0.282 e. The van der Waals surface area contributed by atoms with E-state index in [2.05, 4.69) is 20.3 Å². The van der Waals surface area contributed by atoms with Crippen molar-refractivity contribution >= 4 is 28.7 Å². The molecule has 0 atom stereocenters. The van der Waals surface area contributed by atoms with Gasteiger partial charge in [-0.05, 0) is 49.1 Å². The van der Waals surface area contributed by atoms with Crippen molar-refractivity contribution in [1.29, 1.82) is 0 Å².